The standard InChI is InChI=1S/C19H18Cl2N4O3/c20-14-6-5-12(11-15(14)21)19(27)7-9-25(10-8-19)28-18(26)22-17-13-3-1-2-4-16(13)23-24-17/h1-6,11,27H,7-10H2,(H2,22,23,24,26). The number of carbonyl (C=O) groups is 1. The summed E-state index contributed by atoms with van der Waals surface area (Å²) in [6, 6.07) is 12.6. The van der Waals surface area contributed by atoms with Gasteiger partial charge >= 0.3 is 6.09 Å². The van der Waals surface area contributed by atoms with Crippen LogP contribution in [0.4, 0.5) is 10.6 Å². The van der Waals surface area contributed by atoms with Crippen molar-refractivity contribution in [2.75, 3.05) is 18.4 Å². The fourth-order valence-electron chi connectivity index (χ4n) is 3.32. The third-order valence-corrected chi connectivity index (χ3v) is 5.65. The van der Waals surface area contributed by atoms with E-state index in [1.807, 2.05) is 24.3 Å². The number of aliphatic hydroxyl groups is 1. The van der Waals surface area contributed by atoms with Crippen LogP contribution in [0.25, 0.3) is 10.9 Å². The van der Waals surface area contributed by atoms with Crippen molar-refractivity contribution < 1.29 is 14.7 Å². The molecule has 4 rings (SSSR count). The second kappa shape index (κ2) is 7.60. The normalized spacial score (nSPS) is 16.8. The summed E-state index contributed by atoms with van der Waals surface area (Å²) in [7, 11) is 0. The van der Waals surface area contributed by atoms with Gasteiger partial charge in [0.1, 0.15) is 0 Å². The molecule has 1 aliphatic rings. The van der Waals surface area contributed by atoms with Crippen LogP contribution in [0.2, 0.25) is 10.0 Å². The molecule has 28 heavy (non-hydrogen) atoms. The number of hydrogen-bond donors (Lipinski definition) is 3. The number of fused-ring (bicyclic) bond motifs is 1. The Labute approximate surface area is 171 Å². The van der Waals surface area contributed by atoms with E-state index in [1.165, 1.54) is 5.06 Å². The minimum atomic E-state index is -1.04. The topological polar surface area (TPSA) is 90.5 Å². The van der Waals surface area contributed by atoms with E-state index >= 15 is 0 Å². The summed E-state index contributed by atoms with van der Waals surface area (Å²) in [4.78, 5) is 17.6. The van der Waals surface area contributed by atoms with E-state index in [9.17, 15) is 9.90 Å². The summed E-state index contributed by atoms with van der Waals surface area (Å²) < 4.78 is 0. The Balaban J connectivity index is 1.36. The first kappa shape index (κ1) is 19.0. The van der Waals surface area contributed by atoms with E-state index in [4.69, 9.17) is 28.0 Å². The fraction of sp³-hybridized carbons (Fsp3) is 0.263. The Morgan fingerprint density at radius 2 is 1.93 bits per heavy atom. The number of amides is 1. The van der Waals surface area contributed by atoms with Gasteiger partial charge in [0.05, 0.1) is 21.2 Å². The molecule has 1 aromatic heterocycles. The molecular formula is C19H18Cl2N4O3. The molecule has 3 aromatic rings. The highest BCUT2D eigenvalue weighted by Crippen LogP contribution is 2.36. The van der Waals surface area contributed by atoms with Crippen molar-refractivity contribution in [2.45, 2.75) is 18.4 Å². The number of benzene rings is 2. The molecule has 0 spiro atoms. The Kier molecular flexibility index (Phi) is 5.16. The van der Waals surface area contributed by atoms with Crippen LogP contribution in [0, 0.1) is 0 Å². The van der Waals surface area contributed by atoms with Crippen molar-refractivity contribution in [1.82, 2.24) is 15.3 Å². The molecule has 9 heteroatoms. The van der Waals surface area contributed by atoms with Crippen molar-refractivity contribution in [2.24, 2.45) is 0 Å². The monoisotopic (exact) mass is 420 g/mol. The van der Waals surface area contributed by atoms with Crippen LogP contribution in [0.1, 0.15) is 18.4 Å². The van der Waals surface area contributed by atoms with Gasteiger partial charge in [-0.25, -0.2) is 4.79 Å². The lowest BCUT2D eigenvalue weighted by Gasteiger charge is -2.37. The number of carbonyl (C=O) groups excluding carboxylic acids is 1. The Hall–Kier alpha value is -2.32. The lowest BCUT2D eigenvalue weighted by atomic mass is 9.85. The highest BCUT2D eigenvalue weighted by Gasteiger charge is 2.35. The minimum Gasteiger partial charge on any atom is -0.385 e. The molecule has 0 radical (unpaired) electrons. The van der Waals surface area contributed by atoms with Crippen LogP contribution in [-0.2, 0) is 10.4 Å². The smallest absolute Gasteiger partial charge is 0.385 e. The van der Waals surface area contributed by atoms with E-state index in [1.54, 1.807) is 18.2 Å². The largest absolute Gasteiger partial charge is 0.432 e. The van der Waals surface area contributed by atoms with Crippen LogP contribution < -0.4 is 5.32 Å². The van der Waals surface area contributed by atoms with Gasteiger partial charge in [-0.1, -0.05) is 41.4 Å². The van der Waals surface area contributed by atoms with Gasteiger partial charge in [0.2, 0.25) is 0 Å². The SMILES string of the molecule is O=C(Nc1n[nH]c2ccccc12)ON1CCC(O)(c2ccc(Cl)c(Cl)c2)CC1. The predicted octanol–water partition coefficient (Wildman–Crippen LogP) is 4.32. The first-order valence-electron chi connectivity index (χ1n) is 8.79. The van der Waals surface area contributed by atoms with Crippen molar-refractivity contribution in [1.29, 1.82) is 0 Å². The molecule has 0 aliphatic carbocycles. The number of hydrogen-bond acceptors (Lipinski definition) is 5. The number of anilines is 1. The number of piperidine rings is 1. The molecule has 2 aromatic carbocycles. The number of aromatic amines is 1. The lowest BCUT2D eigenvalue weighted by molar-refractivity contribution is -0.148. The molecule has 0 atom stereocenters. The molecule has 2 heterocycles. The van der Waals surface area contributed by atoms with Crippen LogP contribution in [-0.4, -0.2) is 39.5 Å². The zero-order valence-electron chi connectivity index (χ0n) is 14.8. The van der Waals surface area contributed by atoms with E-state index in [0.717, 1.165) is 10.9 Å². The summed E-state index contributed by atoms with van der Waals surface area (Å²) in [5.41, 5.74) is 0.486. The number of rotatable bonds is 3. The zero-order valence-corrected chi connectivity index (χ0v) is 16.3. The molecule has 0 bridgehead atoms. The van der Waals surface area contributed by atoms with Crippen molar-refractivity contribution in [3.8, 4) is 0 Å². The molecule has 146 valence electrons. The molecule has 0 saturated carbocycles. The molecule has 1 saturated heterocycles. The summed E-state index contributed by atoms with van der Waals surface area (Å²) in [6.45, 7) is 0.761. The van der Waals surface area contributed by atoms with Crippen molar-refractivity contribution >= 4 is 46.0 Å². The summed E-state index contributed by atoms with van der Waals surface area (Å²) in [5.74, 6) is 0.407. The Morgan fingerprint density at radius 3 is 2.68 bits per heavy atom. The molecule has 1 amide bonds. The summed E-state index contributed by atoms with van der Waals surface area (Å²) in [5, 5.41) is 23.7. The Bertz CT molecular complexity index is 1020. The van der Waals surface area contributed by atoms with Gasteiger partial charge in [0, 0.05) is 18.5 Å². The maximum atomic E-state index is 12.2. The van der Waals surface area contributed by atoms with Gasteiger partial charge in [-0.2, -0.15) is 5.10 Å². The number of aromatic nitrogens is 2. The van der Waals surface area contributed by atoms with Crippen LogP contribution in [0.3, 0.4) is 0 Å². The first-order valence-corrected chi connectivity index (χ1v) is 9.55. The zero-order chi connectivity index (χ0) is 19.7. The number of nitrogens with zero attached hydrogens (tertiary/aromatic N) is 2. The van der Waals surface area contributed by atoms with Gasteiger partial charge in [0.25, 0.3) is 0 Å². The van der Waals surface area contributed by atoms with Crippen LogP contribution in [0.5, 0.6) is 0 Å². The van der Waals surface area contributed by atoms with E-state index in [0.29, 0.717) is 47.4 Å². The maximum absolute atomic E-state index is 12.2. The lowest BCUT2D eigenvalue weighted by Crippen LogP contribution is -2.43. The molecule has 1 aliphatic heterocycles. The Morgan fingerprint density at radius 1 is 1.18 bits per heavy atom. The first-order chi connectivity index (χ1) is 13.4. The van der Waals surface area contributed by atoms with E-state index in [2.05, 4.69) is 15.5 Å². The van der Waals surface area contributed by atoms with Crippen LogP contribution >= 0.6 is 23.2 Å². The van der Waals surface area contributed by atoms with E-state index < -0.39 is 11.7 Å². The molecular weight excluding hydrogens is 403 g/mol. The molecule has 0 unspecified atom stereocenters. The third kappa shape index (κ3) is 3.79. The molecule has 3 N–H and O–H groups in total. The van der Waals surface area contributed by atoms with Gasteiger partial charge in [0.15, 0.2) is 5.82 Å². The average molecular weight is 421 g/mol. The van der Waals surface area contributed by atoms with Crippen LogP contribution in [0.15, 0.2) is 42.5 Å². The van der Waals surface area contributed by atoms with Crippen molar-refractivity contribution in [3.05, 3.63) is 58.1 Å². The molecule has 1 fully saturated rings. The predicted molar refractivity (Wildman–Crippen MR) is 107 cm³/mol. The van der Waals surface area contributed by atoms with Crippen molar-refractivity contribution in [3.63, 3.8) is 0 Å². The van der Waals surface area contributed by atoms with E-state index in [-0.39, 0.29) is 0 Å². The summed E-state index contributed by atoms with van der Waals surface area (Å²) in [6.07, 6.45) is 0.157. The fourth-order valence-corrected chi connectivity index (χ4v) is 3.62. The average Bonchev–Trinajstić information content (AvgIpc) is 3.09. The maximum Gasteiger partial charge on any atom is 0.432 e. The van der Waals surface area contributed by atoms with Gasteiger partial charge < -0.3 is 9.94 Å². The number of hydroxylamine groups is 2. The second-order valence-electron chi connectivity index (χ2n) is 6.71. The number of halogens is 2. The number of nitrogens with one attached hydrogen (secondary N) is 2. The second-order valence-corrected chi connectivity index (χ2v) is 7.53. The quantitative estimate of drug-likeness (QED) is 0.586. The van der Waals surface area contributed by atoms with Gasteiger partial charge in [-0.15, -0.1) is 5.06 Å². The third-order valence-electron chi connectivity index (χ3n) is 4.91. The highest BCUT2D eigenvalue weighted by molar-refractivity contribution is 6.42. The summed E-state index contributed by atoms with van der Waals surface area (Å²) >= 11 is 12.0. The number of H-pyrrole nitrogens is 1. The molecule has 7 nitrogen and oxygen atoms in total. The van der Waals surface area contributed by atoms with Gasteiger partial charge in [-0.05, 0) is 42.7 Å². The van der Waals surface area contributed by atoms with Gasteiger partial charge in [-0.3, -0.25) is 10.4 Å². The number of para-hydroxylation sites is 1. The highest BCUT2D eigenvalue weighted by atomic mass is 35.5. The minimum absolute atomic E-state index is 0.380.